The van der Waals surface area contributed by atoms with Crippen molar-refractivity contribution in [2.24, 2.45) is 0 Å². The second-order valence-electron chi connectivity index (χ2n) is 4.69. The molecule has 1 aromatic heterocycles. The Balaban J connectivity index is 1.96. The Hall–Kier alpha value is -1.36. The van der Waals surface area contributed by atoms with Gasteiger partial charge in [0, 0.05) is 10.9 Å². The maximum Gasteiger partial charge on any atom is 0.135 e. The van der Waals surface area contributed by atoms with E-state index in [-0.39, 0.29) is 0 Å². The minimum absolute atomic E-state index is 0.302. The van der Waals surface area contributed by atoms with Crippen molar-refractivity contribution in [1.29, 1.82) is 5.41 Å². The Morgan fingerprint density at radius 1 is 1.41 bits per heavy atom. The van der Waals surface area contributed by atoms with Gasteiger partial charge in [0.15, 0.2) is 0 Å². The molecule has 1 saturated carbocycles. The first kappa shape index (κ1) is 10.8. The quantitative estimate of drug-likeness (QED) is 0.846. The van der Waals surface area contributed by atoms with Crippen LogP contribution in [0.5, 0.6) is 0 Å². The zero-order valence-electron chi connectivity index (χ0n) is 9.95. The second kappa shape index (κ2) is 3.57. The highest BCUT2D eigenvalue weighted by Gasteiger charge is 2.39. The van der Waals surface area contributed by atoms with Crippen LogP contribution >= 0.6 is 11.3 Å². The first-order valence-electron chi connectivity index (χ1n) is 5.80. The smallest absolute Gasteiger partial charge is 0.135 e. The third-order valence-corrected chi connectivity index (χ3v) is 4.45. The van der Waals surface area contributed by atoms with Crippen LogP contribution in [0.4, 0.5) is 0 Å². The lowest BCUT2D eigenvalue weighted by molar-refractivity contribution is 0.345. The Kier molecular flexibility index (Phi) is 2.26. The third kappa shape index (κ3) is 1.65. The van der Waals surface area contributed by atoms with Crippen LogP contribution in [0.2, 0.25) is 0 Å². The maximum atomic E-state index is 10.0. The first-order chi connectivity index (χ1) is 8.08. The lowest BCUT2D eigenvalue weighted by Crippen LogP contribution is -2.28. The topological polar surface area (TPSA) is 60.2 Å². The summed E-state index contributed by atoms with van der Waals surface area (Å²) in [4.78, 5) is 7.57. The molecule has 1 aliphatic carbocycles. The van der Waals surface area contributed by atoms with Crippen LogP contribution in [0.15, 0.2) is 5.76 Å². The summed E-state index contributed by atoms with van der Waals surface area (Å²) in [5, 5.41) is 19.0. The van der Waals surface area contributed by atoms with Gasteiger partial charge in [-0.25, -0.2) is 4.98 Å². The molecule has 0 amide bonds. The van der Waals surface area contributed by atoms with Crippen LogP contribution in [0.1, 0.15) is 28.4 Å². The minimum Gasteiger partial charge on any atom is -0.510 e. The van der Waals surface area contributed by atoms with Crippen LogP contribution in [0.3, 0.4) is 0 Å². The average molecular weight is 249 g/mol. The zero-order valence-corrected chi connectivity index (χ0v) is 10.8. The largest absolute Gasteiger partial charge is 0.510 e. The molecule has 1 fully saturated rings. The molecule has 4 nitrogen and oxygen atoms in total. The molecule has 0 saturated heterocycles. The lowest BCUT2D eigenvalue weighted by Gasteiger charge is -2.16. The molecule has 2 aliphatic rings. The molecular formula is C12H15N3OS. The van der Waals surface area contributed by atoms with Gasteiger partial charge in [-0.1, -0.05) is 0 Å². The van der Waals surface area contributed by atoms with E-state index < -0.39 is 0 Å². The molecule has 90 valence electrons. The van der Waals surface area contributed by atoms with Crippen LogP contribution in [-0.2, 0) is 0 Å². The van der Waals surface area contributed by atoms with Gasteiger partial charge in [-0.15, -0.1) is 11.3 Å². The minimum atomic E-state index is 0.302. The highest BCUT2D eigenvalue weighted by Crippen LogP contribution is 2.37. The van der Waals surface area contributed by atoms with E-state index in [1.165, 1.54) is 0 Å². The molecule has 1 aromatic rings. The fourth-order valence-electron chi connectivity index (χ4n) is 2.10. The summed E-state index contributed by atoms with van der Waals surface area (Å²) in [7, 11) is 0. The van der Waals surface area contributed by atoms with Gasteiger partial charge in [-0.3, -0.25) is 5.41 Å². The van der Waals surface area contributed by atoms with Crippen molar-refractivity contribution in [1.82, 2.24) is 9.88 Å². The molecule has 0 bridgehead atoms. The molecule has 17 heavy (non-hydrogen) atoms. The van der Waals surface area contributed by atoms with Crippen molar-refractivity contribution >= 4 is 22.7 Å². The molecule has 2 heterocycles. The molecule has 3 rings (SSSR count). The van der Waals surface area contributed by atoms with Crippen LogP contribution in [0, 0.1) is 19.3 Å². The number of nitrogens with one attached hydrogen (secondary N) is 1. The van der Waals surface area contributed by atoms with E-state index in [1.54, 1.807) is 11.3 Å². The summed E-state index contributed by atoms with van der Waals surface area (Å²) in [6.45, 7) is 4.46. The number of rotatable bonds is 2. The normalized spacial score (nSPS) is 20.6. The van der Waals surface area contributed by atoms with Gasteiger partial charge in [0.1, 0.15) is 16.6 Å². The molecule has 1 aliphatic heterocycles. The summed E-state index contributed by atoms with van der Waals surface area (Å²) < 4.78 is 0. The van der Waals surface area contributed by atoms with Crippen LogP contribution in [0.25, 0.3) is 5.57 Å². The molecule has 0 aromatic carbocycles. The predicted octanol–water partition coefficient (Wildman–Crippen LogP) is 2.48. The maximum absolute atomic E-state index is 10.0. The van der Waals surface area contributed by atoms with E-state index in [0.29, 0.717) is 29.8 Å². The van der Waals surface area contributed by atoms with E-state index in [0.717, 1.165) is 28.4 Å². The SMILES string of the molecule is Cc1nc(C2=C(O)CN(C3CC3)C2=N)sc1C. The van der Waals surface area contributed by atoms with Crippen LogP contribution in [-0.4, -0.2) is 33.4 Å². The van der Waals surface area contributed by atoms with E-state index in [2.05, 4.69) is 4.98 Å². The van der Waals surface area contributed by atoms with Gasteiger partial charge < -0.3 is 10.0 Å². The van der Waals surface area contributed by atoms with Gasteiger partial charge in [-0.05, 0) is 26.7 Å². The molecule has 0 spiro atoms. The Labute approximate surface area is 104 Å². The monoisotopic (exact) mass is 249 g/mol. The molecule has 0 unspecified atom stereocenters. The number of hydrogen-bond donors (Lipinski definition) is 2. The number of thiazole rings is 1. The molecule has 0 atom stereocenters. The van der Waals surface area contributed by atoms with Crippen LogP contribution < -0.4 is 0 Å². The van der Waals surface area contributed by atoms with Crippen molar-refractivity contribution < 1.29 is 5.11 Å². The predicted molar refractivity (Wildman–Crippen MR) is 68.6 cm³/mol. The molecular weight excluding hydrogens is 234 g/mol. The van der Waals surface area contributed by atoms with E-state index in [9.17, 15) is 5.11 Å². The van der Waals surface area contributed by atoms with Gasteiger partial charge >= 0.3 is 0 Å². The van der Waals surface area contributed by atoms with Crippen molar-refractivity contribution in [3.63, 3.8) is 0 Å². The second-order valence-corrected chi connectivity index (χ2v) is 5.89. The zero-order chi connectivity index (χ0) is 12.2. The van der Waals surface area contributed by atoms with Gasteiger partial charge in [0.2, 0.25) is 0 Å². The summed E-state index contributed by atoms with van der Waals surface area (Å²) in [6.07, 6.45) is 2.28. The highest BCUT2D eigenvalue weighted by atomic mass is 32.1. The van der Waals surface area contributed by atoms with Crippen molar-refractivity contribution in [3.05, 3.63) is 21.3 Å². The summed E-state index contributed by atoms with van der Waals surface area (Å²) in [6, 6.07) is 0.462. The summed E-state index contributed by atoms with van der Waals surface area (Å²) in [5.41, 5.74) is 1.63. The standard InChI is InChI=1S/C12H15N3OS/c1-6-7(2)17-12(14-6)10-9(16)5-15(11(10)13)8-3-4-8/h8,13,16H,3-5H2,1-2H3. The van der Waals surface area contributed by atoms with Gasteiger partial charge in [0.05, 0.1) is 17.8 Å². The summed E-state index contributed by atoms with van der Waals surface area (Å²) >= 11 is 1.56. The number of hydrogen-bond acceptors (Lipinski definition) is 4. The van der Waals surface area contributed by atoms with E-state index in [1.807, 2.05) is 18.7 Å². The summed E-state index contributed by atoms with van der Waals surface area (Å²) in [5.74, 6) is 0.745. The number of amidine groups is 1. The average Bonchev–Trinajstić information content (AvgIpc) is 2.99. The molecule has 2 N–H and O–H groups in total. The lowest BCUT2D eigenvalue weighted by atomic mass is 10.2. The number of aryl methyl sites for hydroxylation is 2. The number of aromatic nitrogens is 1. The van der Waals surface area contributed by atoms with Gasteiger partial charge in [0.25, 0.3) is 0 Å². The fourth-order valence-corrected chi connectivity index (χ4v) is 3.08. The number of aliphatic hydroxyl groups is 1. The van der Waals surface area contributed by atoms with Crippen molar-refractivity contribution in [2.75, 3.05) is 6.54 Å². The van der Waals surface area contributed by atoms with Gasteiger partial charge in [-0.2, -0.15) is 0 Å². The fraction of sp³-hybridized carbons (Fsp3) is 0.500. The third-order valence-electron chi connectivity index (χ3n) is 3.36. The van der Waals surface area contributed by atoms with Crippen molar-refractivity contribution in [2.45, 2.75) is 32.7 Å². The van der Waals surface area contributed by atoms with Crippen molar-refractivity contribution in [3.8, 4) is 0 Å². The number of nitrogens with zero attached hydrogens (tertiary/aromatic N) is 2. The molecule has 0 radical (unpaired) electrons. The number of aliphatic hydroxyl groups excluding tert-OH is 1. The highest BCUT2D eigenvalue weighted by molar-refractivity contribution is 7.13. The Morgan fingerprint density at radius 3 is 2.65 bits per heavy atom. The van der Waals surface area contributed by atoms with E-state index in [4.69, 9.17) is 5.41 Å². The Bertz CT molecular complexity index is 508. The Morgan fingerprint density at radius 2 is 2.12 bits per heavy atom. The van der Waals surface area contributed by atoms with E-state index >= 15 is 0 Å². The molecule has 5 heteroatoms. The first-order valence-corrected chi connectivity index (χ1v) is 6.61.